The molecule has 0 aliphatic carbocycles. The molecule has 0 unspecified atom stereocenters. The summed E-state index contributed by atoms with van der Waals surface area (Å²) in [6.45, 7) is 7.47. The number of ether oxygens (including phenoxy) is 3. The maximum absolute atomic E-state index is 5.25. The highest BCUT2D eigenvalue weighted by molar-refractivity contribution is 7.15. The van der Waals surface area contributed by atoms with Crippen molar-refractivity contribution in [3.05, 3.63) is 10.6 Å². The minimum atomic E-state index is 0.541. The molecule has 0 saturated carbocycles. The molecule has 0 aliphatic rings. The number of nitrogens with one attached hydrogen (secondary N) is 1. The maximum atomic E-state index is 5.25. The van der Waals surface area contributed by atoms with E-state index >= 15 is 0 Å². The molecule has 1 aromatic heterocycles. The molecule has 0 fully saturated rings. The zero-order valence-corrected chi connectivity index (χ0v) is 14.3. The Labute approximate surface area is 131 Å². The lowest BCUT2D eigenvalue weighted by Gasteiger charge is -2.18. The number of hydrogen-bond donors (Lipinski definition) is 1. The summed E-state index contributed by atoms with van der Waals surface area (Å²) in [5, 5.41) is 4.39. The van der Waals surface area contributed by atoms with Gasteiger partial charge in [0.2, 0.25) is 0 Å². The smallest absolute Gasteiger partial charge is 0.185 e. The van der Waals surface area contributed by atoms with Crippen molar-refractivity contribution in [2.45, 2.75) is 20.1 Å². The molecule has 1 aromatic rings. The normalized spacial score (nSPS) is 11.0. The molecular formula is C14H27N3O3S. The van der Waals surface area contributed by atoms with Crippen molar-refractivity contribution in [2.24, 2.45) is 0 Å². The van der Waals surface area contributed by atoms with Gasteiger partial charge < -0.3 is 24.4 Å². The van der Waals surface area contributed by atoms with Crippen LogP contribution in [0.4, 0.5) is 5.13 Å². The van der Waals surface area contributed by atoms with Crippen molar-refractivity contribution in [3.63, 3.8) is 0 Å². The van der Waals surface area contributed by atoms with Crippen molar-refractivity contribution in [3.8, 4) is 0 Å². The van der Waals surface area contributed by atoms with Crippen LogP contribution in [0.15, 0.2) is 0 Å². The Morgan fingerprint density at radius 1 is 1.14 bits per heavy atom. The minimum Gasteiger partial charge on any atom is -0.383 e. The van der Waals surface area contributed by atoms with Gasteiger partial charge in [-0.25, -0.2) is 4.98 Å². The van der Waals surface area contributed by atoms with Gasteiger partial charge in [0.25, 0.3) is 0 Å². The molecule has 0 atom stereocenters. The van der Waals surface area contributed by atoms with Crippen molar-refractivity contribution < 1.29 is 14.2 Å². The van der Waals surface area contributed by atoms with E-state index in [2.05, 4.69) is 17.1 Å². The molecule has 21 heavy (non-hydrogen) atoms. The molecule has 0 aromatic carbocycles. The minimum absolute atomic E-state index is 0.541. The summed E-state index contributed by atoms with van der Waals surface area (Å²) in [6, 6.07) is 0. The Morgan fingerprint density at radius 2 is 1.90 bits per heavy atom. The monoisotopic (exact) mass is 317 g/mol. The summed E-state index contributed by atoms with van der Waals surface area (Å²) < 4.78 is 15.4. The third kappa shape index (κ3) is 6.27. The highest BCUT2D eigenvalue weighted by atomic mass is 32.1. The molecule has 0 aliphatic heterocycles. The SMILES string of the molecule is CCN(CCOC)c1nc(COC)c(CNCCOC)s1. The van der Waals surface area contributed by atoms with E-state index in [0.717, 1.165) is 37.0 Å². The first kappa shape index (κ1) is 18.3. The van der Waals surface area contributed by atoms with Crippen LogP contribution in [-0.2, 0) is 27.4 Å². The molecular weight excluding hydrogens is 290 g/mol. The van der Waals surface area contributed by atoms with Crippen LogP contribution >= 0.6 is 11.3 Å². The average Bonchev–Trinajstić information content (AvgIpc) is 2.88. The number of aromatic nitrogens is 1. The van der Waals surface area contributed by atoms with E-state index in [1.54, 1.807) is 32.7 Å². The zero-order chi connectivity index (χ0) is 15.5. The molecule has 1 N–H and O–H groups in total. The first-order valence-electron chi connectivity index (χ1n) is 7.17. The number of anilines is 1. The standard InChI is InChI=1S/C14H27N3O3S/c1-5-17(7-9-19-3)14-16-12(11-20-4)13(21-14)10-15-6-8-18-2/h15H,5-11H2,1-4H3. The third-order valence-corrected chi connectivity index (χ3v) is 4.19. The summed E-state index contributed by atoms with van der Waals surface area (Å²) in [5.74, 6) is 0. The molecule has 0 saturated heterocycles. The van der Waals surface area contributed by atoms with Gasteiger partial charge in [0.15, 0.2) is 5.13 Å². The fourth-order valence-corrected chi connectivity index (χ4v) is 2.98. The Morgan fingerprint density at radius 3 is 2.52 bits per heavy atom. The molecule has 0 spiro atoms. The topological polar surface area (TPSA) is 55.9 Å². The largest absolute Gasteiger partial charge is 0.383 e. The molecule has 0 amide bonds. The van der Waals surface area contributed by atoms with E-state index in [1.807, 2.05) is 0 Å². The summed E-state index contributed by atoms with van der Waals surface area (Å²) in [4.78, 5) is 8.16. The molecule has 0 radical (unpaired) electrons. The highest BCUT2D eigenvalue weighted by Gasteiger charge is 2.15. The first-order chi connectivity index (χ1) is 10.3. The van der Waals surface area contributed by atoms with E-state index in [4.69, 9.17) is 19.2 Å². The predicted molar refractivity (Wildman–Crippen MR) is 86.2 cm³/mol. The lowest BCUT2D eigenvalue weighted by atomic mass is 10.3. The van der Waals surface area contributed by atoms with E-state index in [-0.39, 0.29) is 0 Å². The zero-order valence-electron chi connectivity index (χ0n) is 13.5. The van der Waals surface area contributed by atoms with Crippen LogP contribution in [0, 0.1) is 0 Å². The highest BCUT2D eigenvalue weighted by Crippen LogP contribution is 2.26. The second-order valence-electron chi connectivity index (χ2n) is 4.54. The number of thiazole rings is 1. The van der Waals surface area contributed by atoms with E-state index in [0.29, 0.717) is 19.8 Å². The quantitative estimate of drug-likeness (QED) is 0.590. The lowest BCUT2D eigenvalue weighted by molar-refractivity contribution is 0.180. The van der Waals surface area contributed by atoms with Crippen LogP contribution < -0.4 is 10.2 Å². The summed E-state index contributed by atoms with van der Waals surface area (Å²) in [5.41, 5.74) is 1.01. The number of hydrogen-bond acceptors (Lipinski definition) is 7. The van der Waals surface area contributed by atoms with Crippen LogP contribution in [0.5, 0.6) is 0 Å². The van der Waals surface area contributed by atoms with Gasteiger partial charge in [-0.3, -0.25) is 0 Å². The first-order valence-corrected chi connectivity index (χ1v) is 7.99. The van der Waals surface area contributed by atoms with Gasteiger partial charge in [-0.05, 0) is 6.92 Å². The molecule has 1 rings (SSSR count). The number of rotatable bonds is 12. The Bertz CT molecular complexity index is 388. The molecule has 0 bridgehead atoms. The molecule has 1 heterocycles. The fraction of sp³-hybridized carbons (Fsp3) is 0.786. The van der Waals surface area contributed by atoms with Crippen molar-refractivity contribution in [1.29, 1.82) is 0 Å². The lowest BCUT2D eigenvalue weighted by Crippen LogP contribution is -2.26. The predicted octanol–water partition coefficient (Wildman–Crippen LogP) is 1.50. The summed E-state index contributed by atoms with van der Waals surface area (Å²) in [7, 11) is 5.12. The van der Waals surface area contributed by atoms with Crippen molar-refractivity contribution in [2.75, 3.05) is 59.1 Å². The van der Waals surface area contributed by atoms with Crippen LogP contribution in [0.25, 0.3) is 0 Å². The molecule has 122 valence electrons. The molecule has 7 heteroatoms. The Balaban J connectivity index is 2.71. The second-order valence-corrected chi connectivity index (χ2v) is 5.60. The van der Waals surface area contributed by atoms with Crippen molar-refractivity contribution in [1.82, 2.24) is 10.3 Å². The van der Waals surface area contributed by atoms with Gasteiger partial charge in [-0.2, -0.15) is 0 Å². The van der Waals surface area contributed by atoms with Gasteiger partial charge in [0.1, 0.15) is 0 Å². The van der Waals surface area contributed by atoms with Crippen LogP contribution in [0.3, 0.4) is 0 Å². The van der Waals surface area contributed by atoms with Gasteiger partial charge in [-0.15, -0.1) is 11.3 Å². The van der Waals surface area contributed by atoms with Crippen LogP contribution in [0.1, 0.15) is 17.5 Å². The number of methoxy groups -OCH3 is 3. The number of nitrogens with zero attached hydrogens (tertiary/aromatic N) is 2. The van der Waals surface area contributed by atoms with Gasteiger partial charge >= 0.3 is 0 Å². The third-order valence-electron chi connectivity index (χ3n) is 3.03. The Kier molecular flexibility index (Phi) is 9.53. The molecule has 6 nitrogen and oxygen atoms in total. The second kappa shape index (κ2) is 10.9. The van der Waals surface area contributed by atoms with Crippen LogP contribution in [0.2, 0.25) is 0 Å². The van der Waals surface area contributed by atoms with Crippen molar-refractivity contribution >= 4 is 16.5 Å². The van der Waals surface area contributed by atoms with Gasteiger partial charge in [0.05, 0.1) is 25.5 Å². The van der Waals surface area contributed by atoms with E-state index in [1.165, 1.54) is 4.88 Å². The summed E-state index contributed by atoms with van der Waals surface area (Å²) in [6.07, 6.45) is 0. The Hall–Kier alpha value is -0.730. The van der Waals surface area contributed by atoms with Gasteiger partial charge in [0, 0.05) is 52.4 Å². The van der Waals surface area contributed by atoms with E-state index in [9.17, 15) is 0 Å². The van der Waals surface area contributed by atoms with Crippen LogP contribution in [-0.4, -0.2) is 59.2 Å². The average molecular weight is 317 g/mol. The number of likely N-dealkylation sites (N-methyl/N-ethyl adjacent to an activating group) is 1. The van der Waals surface area contributed by atoms with E-state index < -0.39 is 0 Å². The maximum Gasteiger partial charge on any atom is 0.185 e. The summed E-state index contributed by atoms with van der Waals surface area (Å²) >= 11 is 1.72. The van der Waals surface area contributed by atoms with Gasteiger partial charge in [-0.1, -0.05) is 0 Å². The fourth-order valence-electron chi connectivity index (χ4n) is 1.86.